The Bertz CT molecular complexity index is 906. The lowest BCUT2D eigenvalue weighted by Crippen LogP contribution is -2.28. The summed E-state index contributed by atoms with van der Waals surface area (Å²) in [6.07, 6.45) is 0. The average Bonchev–Trinajstić information content (AvgIpc) is 2.53. The minimum atomic E-state index is -0.635. The zero-order valence-electron chi connectivity index (χ0n) is 12.7. The van der Waals surface area contributed by atoms with Crippen molar-refractivity contribution in [1.82, 2.24) is 4.98 Å². The molecule has 0 saturated heterocycles. The Morgan fingerprint density at radius 1 is 1.39 bits per heavy atom. The molecule has 2 heterocycles. The third-order valence-electron chi connectivity index (χ3n) is 3.80. The molecule has 0 amide bonds. The van der Waals surface area contributed by atoms with Crippen LogP contribution in [-0.2, 0) is 0 Å². The van der Waals surface area contributed by atoms with Gasteiger partial charge in [-0.25, -0.2) is 0 Å². The van der Waals surface area contributed by atoms with E-state index in [2.05, 4.69) is 11.1 Å². The predicted molar refractivity (Wildman–Crippen MR) is 84.1 cm³/mol. The van der Waals surface area contributed by atoms with Crippen molar-refractivity contribution in [3.8, 4) is 17.6 Å². The van der Waals surface area contributed by atoms with E-state index in [-0.39, 0.29) is 17.0 Å². The summed E-state index contributed by atoms with van der Waals surface area (Å²) in [4.78, 5) is 15.2. The number of aryl methyl sites for hydroxylation is 1. The second-order valence-corrected chi connectivity index (χ2v) is 5.23. The van der Waals surface area contributed by atoms with Crippen molar-refractivity contribution in [1.29, 1.82) is 5.26 Å². The number of hydrogen-bond donors (Lipinski definition) is 2. The summed E-state index contributed by atoms with van der Waals surface area (Å²) in [5.41, 5.74) is 7.48. The van der Waals surface area contributed by atoms with Crippen LogP contribution >= 0.6 is 0 Å². The second kappa shape index (κ2) is 5.54. The number of para-hydroxylation sites is 1. The average molecular weight is 309 g/mol. The van der Waals surface area contributed by atoms with E-state index in [9.17, 15) is 10.1 Å². The molecule has 0 unspecified atom stereocenters. The first-order valence-electron chi connectivity index (χ1n) is 7.01. The number of allylic oxidation sites excluding steroid dienone is 1. The molecule has 3 rings (SSSR count). The number of methoxy groups -OCH3 is 1. The highest BCUT2D eigenvalue weighted by Gasteiger charge is 2.34. The zero-order valence-corrected chi connectivity index (χ0v) is 12.7. The molecule has 0 bridgehead atoms. The Labute approximate surface area is 132 Å². The normalized spacial score (nSPS) is 16.3. The van der Waals surface area contributed by atoms with Gasteiger partial charge in [-0.1, -0.05) is 18.2 Å². The van der Waals surface area contributed by atoms with Crippen LogP contribution in [-0.4, -0.2) is 12.1 Å². The molecule has 116 valence electrons. The number of nitrogens with zero attached hydrogens (tertiary/aromatic N) is 1. The number of fused-ring (bicyclic) bond motifs is 1. The van der Waals surface area contributed by atoms with Crippen molar-refractivity contribution < 1.29 is 9.47 Å². The van der Waals surface area contributed by atoms with Gasteiger partial charge in [-0.05, 0) is 13.0 Å². The van der Waals surface area contributed by atoms with Crippen molar-refractivity contribution in [3.63, 3.8) is 0 Å². The molecular weight excluding hydrogens is 294 g/mol. The highest BCUT2D eigenvalue weighted by Crippen LogP contribution is 2.42. The number of rotatable bonds is 2. The number of nitrogens with two attached hydrogens (primary N) is 1. The van der Waals surface area contributed by atoms with E-state index >= 15 is 0 Å². The van der Waals surface area contributed by atoms with Gasteiger partial charge < -0.3 is 20.2 Å². The van der Waals surface area contributed by atoms with Crippen molar-refractivity contribution in [2.45, 2.75) is 12.8 Å². The maximum atomic E-state index is 12.5. The molecule has 6 heteroatoms. The summed E-state index contributed by atoms with van der Waals surface area (Å²) in [6.45, 7) is 1.75. The summed E-state index contributed by atoms with van der Waals surface area (Å²) in [7, 11) is 1.54. The maximum absolute atomic E-state index is 12.5. The molecule has 2 aromatic rings. The first-order valence-corrected chi connectivity index (χ1v) is 7.01. The molecule has 0 fully saturated rings. The number of nitriles is 1. The fraction of sp³-hybridized carbons (Fsp3) is 0.176. The van der Waals surface area contributed by atoms with Crippen LogP contribution in [0.1, 0.15) is 22.7 Å². The van der Waals surface area contributed by atoms with Crippen LogP contribution in [0.4, 0.5) is 0 Å². The minimum absolute atomic E-state index is 0.000839. The van der Waals surface area contributed by atoms with Crippen molar-refractivity contribution in [2.24, 2.45) is 5.73 Å². The first-order chi connectivity index (χ1) is 11.1. The lowest BCUT2D eigenvalue weighted by Gasteiger charge is -2.26. The van der Waals surface area contributed by atoms with Crippen LogP contribution in [0, 0.1) is 18.3 Å². The van der Waals surface area contributed by atoms with Gasteiger partial charge >= 0.3 is 0 Å². The molecule has 0 saturated carbocycles. The second-order valence-electron chi connectivity index (χ2n) is 5.23. The molecule has 0 spiro atoms. The maximum Gasteiger partial charge on any atom is 0.256 e. The SMILES string of the molecule is COc1ccccc1[C@@H]1C(C#N)=C(N)Oc2cc(C)[nH]c(=O)c21. The minimum Gasteiger partial charge on any atom is -0.496 e. The molecule has 1 aromatic carbocycles. The highest BCUT2D eigenvalue weighted by molar-refractivity contribution is 5.57. The number of ether oxygens (including phenoxy) is 2. The molecule has 1 aromatic heterocycles. The molecule has 0 aliphatic carbocycles. The van der Waals surface area contributed by atoms with E-state index in [1.54, 1.807) is 19.1 Å². The Kier molecular flexibility index (Phi) is 3.54. The molecule has 6 nitrogen and oxygen atoms in total. The van der Waals surface area contributed by atoms with E-state index < -0.39 is 5.92 Å². The van der Waals surface area contributed by atoms with Crippen molar-refractivity contribution >= 4 is 0 Å². The van der Waals surface area contributed by atoms with Crippen LogP contribution in [0.2, 0.25) is 0 Å². The van der Waals surface area contributed by atoms with Gasteiger partial charge in [0.2, 0.25) is 5.88 Å². The Morgan fingerprint density at radius 3 is 2.83 bits per heavy atom. The van der Waals surface area contributed by atoms with E-state index in [4.69, 9.17) is 15.2 Å². The smallest absolute Gasteiger partial charge is 0.256 e. The van der Waals surface area contributed by atoms with Gasteiger partial charge in [0, 0.05) is 17.3 Å². The van der Waals surface area contributed by atoms with E-state index in [1.165, 1.54) is 7.11 Å². The van der Waals surface area contributed by atoms with E-state index in [1.807, 2.05) is 18.2 Å². The van der Waals surface area contributed by atoms with Gasteiger partial charge in [-0.2, -0.15) is 5.26 Å². The van der Waals surface area contributed by atoms with Gasteiger partial charge in [0.05, 0.1) is 18.6 Å². The van der Waals surface area contributed by atoms with Crippen LogP contribution in [0.3, 0.4) is 0 Å². The topological polar surface area (TPSA) is 101 Å². The van der Waals surface area contributed by atoms with Gasteiger partial charge in [0.25, 0.3) is 5.56 Å². The largest absolute Gasteiger partial charge is 0.496 e. The molecular formula is C17H15N3O3. The monoisotopic (exact) mass is 309 g/mol. The number of benzene rings is 1. The number of hydrogen-bond acceptors (Lipinski definition) is 5. The fourth-order valence-corrected chi connectivity index (χ4v) is 2.82. The number of nitrogens with one attached hydrogen (secondary N) is 1. The van der Waals surface area contributed by atoms with Crippen LogP contribution in [0.25, 0.3) is 0 Å². The molecule has 1 atom stereocenters. The van der Waals surface area contributed by atoms with Crippen molar-refractivity contribution in [2.75, 3.05) is 7.11 Å². The quantitative estimate of drug-likeness (QED) is 0.882. The summed E-state index contributed by atoms with van der Waals surface area (Å²) >= 11 is 0. The van der Waals surface area contributed by atoms with Crippen LogP contribution in [0.5, 0.6) is 11.5 Å². The number of aromatic nitrogens is 1. The van der Waals surface area contributed by atoms with Crippen LogP contribution in [0.15, 0.2) is 46.6 Å². The Balaban J connectivity index is 2.35. The van der Waals surface area contributed by atoms with Gasteiger partial charge in [-0.15, -0.1) is 0 Å². The number of aromatic amines is 1. The third kappa shape index (κ3) is 2.32. The standard InChI is InChI=1S/C17H15N3O3/c1-9-7-13-15(17(21)20-9)14(11(8-18)16(19)23-13)10-5-3-4-6-12(10)22-2/h3-7,14H,19H2,1-2H3,(H,20,21)/t14-/m1/s1. The van der Waals surface area contributed by atoms with Crippen molar-refractivity contribution in [3.05, 3.63) is 69.0 Å². The predicted octanol–water partition coefficient (Wildman–Crippen LogP) is 1.91. The summed E-state index contributed by atoms with van der Waals surface area (Å²) in [5.74, 6) is 0.301. The third-order valence-corrected chi connectivity index (χ3v) is 3.80. The number of pyridine rings is 1. The fourth-order valence-electron chi connectivity index (χ4n) is 2.82. The summed E-state index contributed by atoms with van der Waals surface area (Å²) in [6, 6.07) is 11.0. The van der Waals surface area contributed by atoms with E-state index in [0.29, 0.717) is 28.3 Å². The molecule has 0 radical (unpaired) electrons. The zero-order chi connectivity index (χ0) is 16.6. The first kappa shape index (κ1) is 14.7. The molecule has 23 heavy (non-hydrogen) atoms. The van der Waals surface area contributed by atoms with Crippen LogP contribution < -0.4 is 20.8 Å². The molecule has 1 aliphatic heterocycles. The summed E-state index contributed by atoms with van der Waals surface area (Å²) in [5, 5.41) is 9.51. The Morgan fingerprint density at radius 2 is 2.13 bits per heavy atom. The lowest BCUT2D eigenvalue weighted by atomic mass is 9.83. The molecule has 1 aliphatic rings. The lowest BCUT2D eigenvalue weighted by molar-refractivity contribution is 0.385. The van der Waals surface area contributed by atoms with Gasteiger partial charge in [0.15, 0.2) is 0 Å². The summed E-state index contributed by atoms with van der Waals surface area (Å²) < 4.78 is 10.9. The molecule has 3 N–H and O–H groups in total. The van der Waals surface area contributed by atoms with Gasteiger partial charge in [0.1, 0.15) is 23.1 Å². The van der Waals surface area contributed by atoms with E-state index in [0.717, 1.165) is 0 Å². The highest BCUT2D eigenvalue weighted by atomic mass is 16.5. The number of H-pyrrole nitrogens is 1. The van der Waals surface area contributed by atoms with Gasteiger partial charge in [-0.3, -0.25) is 4.79 Å². The Hall–Kier alpha value is -3.20.